The normalized spacial score (nSPS) is 12.2. The van der Waals surface area contributed by atoms with E-state index in [9.17, 15) is 4.79 Å². The van der Waals surface area contributed by atoms with Crippen LogP contribution < -0.4 is 5.32 Å². The van der Waals surface area contributed by atoms with Crippen LogP contribution in [0.1, 0.15) is 37.6 Å². The molecular weight excluding hydrogens is 338 g/mol. The van der Waals surface area contributed by atoms with Gasteiger partial charge >= 0.3 is 0 Å². The molecule has 0 saturated heterocycles. The number of rotatable bonds is 5. The number of hydrogen-bond acceptors (Lipinski definition) is 4. The Morgan fingerprint density at radius 3 is 2.48 bits per heavy atom. The molecule has 2 aromatic rings. The minimum atomic E-state index is -0.815. The number of nitrogens with one attached hydrogen (secondary N) is 1. The van der Waals surface area contributed by atoms with Gasteiger partial charge in [0.1, 0.15) is 11.5 Å². The summed E-state index contributed by atoms with van der Waals surface area (Å²) in [5.41, 5.74) is 1.09. The van der Waals surface area contributed by atoms with Gasteiger partial charge in [0.2, 0.25) is 5.91 Å². The number of nitriles is 1. The van der Waals surface area contributed by atoms with Crippen molar-refractivity contribution in [2.75, 3.05) is 0 Å². The van der Waals surface area contributed by atoms with E-state index in [1.807, 2.05) is 19.9 Å². The van der Waals surface area contributed by atoms with Gasteiger partial charge in [-0.3, -0.25) is 9.78 Å². The second kappa shape index (κ2) is 8.68. The first kappa shape index (κ1) is 19.7. The molecule has 1 heterocycles. The summed E-state index contributed by atoms with van der Waals surface area (Å²) >= 11 is 0. The lowest BCUT2D eigenvalue weighted by atomic mass is 9.83. The fourth-order valence-electron chi connectivity index (χ4n) is 2.31. The molecule has 1 aromatic carbocycles. The molecule has 2 rings (SSSR count). The van der Waals surface area contributed by atoms with Gasteiger partial charge in [-0.25, -0.2) is 9.98 Å². The van der Waals surface area contributed by atoms with Gasteiger partial charge in [0, 0.05) is 6.20 Å². The topological polar surface area (TPSA) is 90.5 Å². The Morgan fingerprint density at radius 1 is 1.26 bits per heavy atom. The Hall–Kier alpha value is -3.59. The molecule has 0 atom stereocenters. The quantitative estimate of drug-likeness (QED) is 0.655. The van der Waals surface area contributed by atoms with Crippen LogP contribution in [0.15, 0.2) is 70.5 Å². The molecule has 0 bridgehead atoms. The highest BCUT2D eigenvalue weighted by molar-refractivity contribution is 6.00. The molecule has 0 aliphatic rings. The largest absolute Gasteiger partial charge is 0.310 e. The van der Waals surface area contributed by atoms with Crippen molar-refractivity contribution in [3.63, 3.8) is 0 Å². The first-order valence-corrected chi connectivity index (χ1v) is 8.37. The zero-order valence-electron chi connectivity index (χ0n) is 15.6. The van der Waals surface area contributed by atoms with E-state index >= 15 is 0 Å². The van der Waals surface area contributed by atoms with E-state index in [-0.39, 0.29) is 5.91 Å². The molecule has 0 radical (unpaired) electrons. The molecule has 0 saturated carbocycles. The number of aromatic nitrogens is 1. The highest BCUT2D eigenvalue weighted by atomic mass is 16.2. The molecule has 0 unspecified atom stereocenters. The average Bonchev–Trinajstić information content (AvgIpc) is 2.71. The molecule has 1 amide bonds. The highest BCUT2D eigenvalue weighted by Gasteiger charge is 2.30. The molecular formula is C21H21N5O. The minimum Gasteiger partial charge on any atom is -0.310 e. The third-order valence-corrected chi connectivity index (χ3v) is 4.09. The molecule has 6 heteroatoms. The lowest BCUT2D eigenvalue weighted by molar-refractivity contribution is -0.124. The van der Waals surface area contributed by atoms with E-state index in [0.717, 1.165) is 5.56 Å². The van der Waals surface area contributed by atoms with Crippen LogP contribution in [0.3, 0.4) is 0 Å². The molecule has 1 N–H and O–H groups in total. The number of pyridine rings is 1. The second-order valence-corrected chi connectivity index (χ2v) is 6.25. The molecule has 27 heavy (non-hydrogen) atoms. The molecule has 0 aliphatic heterocycles. The van der Waals surface area contributed by atoms with E-state index in [2.05, 4.69) is 33.1 Å². The van der Waals surface area contributed by atoms with E-state index in [1.165, 1.54) is 0 Å². The van der Waals surface area contributed by atoms with E-state index in [0.29, 0.717) is 22.9 Å². The molecule has 0 spiro atoms. The smallest absolute Gasteiger partial charge is 0.235 e. The number of amidine groups is 1. The van der Waals surface area contributed by atoms with E-state index in [1.54, 1.807) is 55.6 Å². The summed E-state index contributed by atoms with van der Waals surface area (Å²) in [6.45, 7) is 8.92. The fourth-order valence-corrected chi connectivity index (χ4v) is 2.31. The van der Waals surface area contributed by atoms with Crippen molar-refractivity contribution in [3.8, 4) is 6.07 Å². The van der Waals surface area contributed by atoms with Crippen LogP contribution in [0.5, 0.6) is 0 Å². The van der Waals surface area contributed by atoms with Crippen molar-refractivity contribution in [3.05, 3.63) is 77.4 Å². The Balaban J connectivity index is 2.24. The van der Waals surface area contributed by atoms with Gasteiger partial charge in [0.15, 0.2) is 5.84 Å². The highest BCUT2D eigenvalue weighted by Crippen LogP contribution is 2.24. The van der Waals surface area contributed by atoms with Crippen LogP contribution in [0, 0.1) is 11.3 Å². The number of aliphatic imine (C=N–C) groups is 2. The third-order valence-electron chi connectivity index (χ3n) is 4.09. The molecule has 0 fully saturated rings. The van der Waals surface area contributed by atoms with Crippen molar-refractivity contribution in [2.45, 2.75) is 26.2 Å². The first-order valence-electron chi connectivity index (χ1n) is 8.37. The number of amides is 1. The zero-order chi connectivity index (χ0) is 19.9. The van der Waals surface area contributed by atoms with Crippen molar-refractivity contribution in [1.29, 1.82) is 5.26 Å². The fraction of sp³-hybridized carbons (Fsp3) is 0.190. The summed E-state index contributed by atoms with van der Waals surface area (Å²) in [6, 6.07) is 14.4. The Kier molecular flexibility index (Phi) is 6.34. The van der Waals surface area contributed by atoms with E-state index in [4.69, 9.17) is 5.26 Å². The summed E-state index contributed by atoms with van der Waals surface area (Å²) in [7, 11) is 0. The van der Waals surface area contributed by atoms with Crippen molar-refractivity contribution in [1.82, 2.24) is 10.3 Å². The van der Waals surface area contributed by atoms with Gasteiger partial charge in [0.05, 0.1) is 17.0 Å². The number of benzene rings is 1. The van der Waals surface area contributed by atoms with Crippen LogP contribution in [-0.2, 0) is 10.2 Å². The third kappa shape index (κ3) is 4.73. The van der Waals surface area contributed by atoms with Gasteiger partial charge in [-0.2, -0.15) is 5.26 Å². The summed E-state index contributed by atoms with van der Waals surface area (Å²) in [6.07, 6.45) is 3.32. The van der Waals surface area contributed by atoms with Gasteiger partial charge in [-0.1, -0.05) is 18.2 Å². The van der Waals surface area contributed by atoms with Crippen LogP contribution in [0.4, 0.5) is 0 Å². The van der Waals surface area contributed by atoms with Gasteiger partial charge in [-0.15, -0.1) is 0 Å². The van der Waals surface area contributed by atoms with Crippen LogP contribution in [-0.4, -0.2) is 23.4 Å². The maximum atomic E-state index is 12.8. The summed E-state index contributed by atoms with van der Waals surface area (Å²) < 4.78 is 0. The van der Waals surface area contributed by atoms with Gasteiger partial charge in [-0.05, 0) is 63.4 Å². The van der Waals surface area contributed by atoms with Crippen molar-refractivity contribution in [2.24, 2.45) is 9.98 Å². The minimum absolute atomic E-state index is 0.228. The van der Waals surface area contributed by atoms with Crippen LogP contribution >= 0.6 is 0 Å². The van der Waals surface area contributed by atoms with Crippen LogP contribution in [0.2, 0.25) is 0 Å². The molecule has 0 aliphatic carbocycles. The Bertz CT molecular complexity index is 919. The zero-order valence-corrected chi connectivity index (χ0v) is 15.6. The molecule has 6 nitrogen and oxygen atoms in total. The molecule has 1 aromatic heterocycles. The number of carbonyl (C=O) groups is 1. The average molecular weight is 359 g/mol. The SMILES string of the molecule is C=NC(=N/C(=C\C)NC(=O)C(C)(C)c1ccc(C#N)cc1)c1ccccn1. The Morgan fingerprint density at radius 2 is 1.96 bits per heavy atom. The van der Waals surface area contributed by atoms with Gasteiger partial charge in [0.25, 0.3) is 0 Å². The van der Waals surface area contributed by atoms with Crippen LogP contribution in [0.25, 0.3) is 0 Å². The van der Waals surface area contributed by atoms with E-state index < -0.39 is 5.41 Å². The number of allylic oxidation sites excluding steroid dienone is 1. The number of hydrogen-bond donors (Lipinski definition) is 1. The summed E-state index contributed by atoms with van der Waals surface area (Å²) in [5.74, 6) is 0.448. The predicted molar refractivity (Wildman–Crippen MR) is 106 cm³/mol. The summed E-state index contributed by atoms with van der Waals surface area (Å²) in [4.78, 5) is 25.3. The standard InChI is InChI=1S/C21H21N5O/c1-5-18(25-19(23-4)17-8-6-7-13-24-17)26-20(27)21(2,3)16-11-9-15(14-22)10-12-16/h5-13H,4H2,1-3H3,(H,26,27)/b18-5+,25-19?. The maximum absolute atomic E-state index is 12.8. The maximum Gasteiger partial charge on any atom is 0.235 e. The second-order valence-electron chi connectivity index (χ2n) is 6.25. The number of carbonyl (C=O) groups excluding carboxylic acids is 1. The monoisotopic (exact) mass is 359 g/mol. The van der Waals surface area contributed by atoms with Crippen molar-refractivity contribution < 1.29 is 4.79 Å². The number of nitrogens with zero attached hydrogens (tertiary/aromatic N) is 4. The predicted octanol–water partition coefficient (Wildman–Crippen LogP) is 3.36. The van der Waals surface area contributed by atoms with Crippen molar-refractivity contribution >= 4 is 18.5 Å². The summed E-state index contributed by atoms with van der Waals surface area (Å²) in [5, 5.41) is 11.7. The molecule has 136 valence electrons. The lowest BCUT2D eigenvalue weighted by Crippen LogP contribution is -2.39. The Labute approximate surface area is 159 Å². The first-order chi connectivity index (χ1) is 12.9. The van der Waals surface area contributed by atoms with Gasteiger partial charge < -0.3 is 5.32 Å². The lowest BCUT2D eigenvalue weighted by Gasteiger charge is -2.24.